The van der Waals surface area contributed by atoms with Gasteiger partial charge in [-0.2, -0.15) is 18.2 Å². The molecule has 8 nitrogen and oxygen atoms in total. The summed E-state index contributed by atoms with van der Waals surface area (Å²) >= 11 is 0. The van der Waals surface area contributed by atoms with Gasteiger partial charge in [-0.3, -0.25) is 9.20 Å². The summed E-state index contributed by atoms with van der Waals surface area (Å²) in [6.07, 6.45) is -2.41. The second kappa shape index (κ2) is 8.56. The minimum atomic E-state index is -4.77. The van der Waals surface area contributed by atoms with Crippen molar-refractivity contribution < 1.29 is 27.6 Å². The number of imidazole rings is 1. The number of amides is 1. The van der Waals surface area contributed by atoms with Crippen LogP contribution in [0, 0.1) is 13.8 Å². The lowest BCUT2D eigenvalue weighted by molar-refractivity contribution is -0.255. The van der Waals surface area contributed by atoms with Crippen LogP contribution < -0.4 is 5.32 Å². The summed E-state index contributed by atoms with van der Waals surface area (Å²) in [5.74, 6) is -0.231. The van der Waals surface area contributed by atoms with Gasteiger partial charge in [-0.05, 0) is 62.6 Å². The van der Waals surface area contributed by atoms with Crippen LogP contribution >= 0.6 is 0 Å². The van der Waals surface area contributed by atoms with Gasteiger partial charge in [-0.15, -0.1) is 0 Å². The van der Waals surface area contributed by atoms with Crippen molar-refractivity contribution in [2.75, 3.05) is 5.32 Å². The van der Waals surface area contributed by atoms with E-state index in [9.17, 15) is 23.1 Å². The third-order valence-electron chi connectivity index (χ3n) is 5.73. The highest BCUT2D eigenvalue weighted by Crippen LogP contribution is 2.34. The molecule has 0 aliphatic heterocycles. The fourth-order valence-electron chi connectivity index (χ4n) is 3.37. The summed E-state index contributed by atoms with van der Waals surface area (Å²) in [6.45, 7) is 4.40. The highest BCUT2D eigenvalue weighted by atomic mass is 19.4. The van der Waals surface area contributed by atoms with Crippen LogP contribution in [0.4, 0.5) is 18.9 Å². The number of halogens is 3. The summed E-state index contributed by atoms with van der Waals surface area (Å²) in [6, 6.07) is 8.87. The fourth-order valence-corrected chi connectivity index (χ4v) is 3.37. The average Bonchev–Trinajstić information content (AvgIpc) is 3.42. The Labute approximate surface area is 192 Å². The van der Waals surface area contributed by atoms with E-state index in [1.807, 2.05) is 19.9 Å². The second-order valence-electron chi connectivity index (χ2n) is 8.28. The molecule has 0 unspecified atom stereocenters. The van der Waals surface area contributed by atoms with Gasteiger partial charge >= 0.3 is 6.18 Å². The van der Waals surface area contributed by atoms with E-state index < -0.39 is 18.2 Å². The van der Waals surface area contributed by atoms with Gasteiger partial charge in [-0.1, -0.05) is 11.2 Å². The maximum atomic E-state index is 12.9. The lowest BCUT2D eigenvalue weighted by atomic mass is 10.00. The quantitative estimate of drug-likeness (QED) is 0.427. The zero-order chi connectivity index (χ0) is 24.7. The van der Waals surface area contributed by atoms with Gasteiger partial charge in [0.15, 0.2) is 5.60 Å². The summed E-state index contributed by atoms with van der Waals surface area (Å²) in [7, 11) is 0. The number of nitrogens with one attached hydrogen (secondary N) is 1. The number of carbonyl (C=O) groups is 1. The van der Waals surface area contributed by atoms with Gasteiger partial charge < -0.3 is 14.9 Å². The van der Waals surface area contributed by atoms with Crippen LogP contribution in [-0.2, 0) is 6.42 Å². The molecule has 4 rings (SSSR count). The van der Waals surface area contributed by atoms with Crippen molar-refractivity contribution in [3.63, 3.8) is 0 Å². The molecule has 4 aromatic rings. The van der Waals surface area contributed by atoms with E-state index in [2.05, 4.69) is 20.4 Å². The van der Waals surface area contributed by atoms with E-state index in [0.717, 1.165) is 11.1 Å². The number of pyridine rings is 1. The van der Waals surface area contributed by atoms with Crippen LogP contribution in [0.2, 0.25) is 0 Å². The number of alkyl halides is 3. The average molecular weight is 473 g/mol. The molecule has 0 bridgehead atoms. The van der Waals surface area contributed by atoms with Crippen LogP contribution in [0.25, 0.3) is 17.0 Å². The lowest BCUT2D eigenvalue weighted by Gasteiger charge is -2.25. The molecule has 1 amide bonds. The molecule has 1 atom stereocenters. The Kier molecular flexibility index (Phi) is 5.90. The number of benzene rings is 1. The van der Waals surface area contributed by atoms with Crippen LogP contribution in [0.3, 0.4) is 0 Å². The Hall–Kier alpha value is -3.73. The van der Waals surface area contributed by atoms with Crippen molar-refractivity contribution in [2.45, 2.75) is 45.4 Å². The molecule has 1 aromatic carbocycles. The number of hydrogen-bond acceptors (Lipinski definition) is 6. The Morgan fingerprint density at radius 3 is 2.74 bits per heavy atom. The Balaban J connectivity index is 1.56. The second-order valence-corrected chi connectivity index (χ2v) is 8.28. The minimum absolute atomic E-state index is 0.0333. The van der Waals surface area contributed by atoms with Gasteiger partial charge in [-0.25, -0.2) is 4.98 Å². The first-order valence-electron chi connectivity index (χ1n) is 10.4. The summed E-state index contributed by atoms with van der Waals surface area (Å²) in [5, 5.41) is 16.3. The molecule has 11 heteroatoms. The number of aryl methyl sites for hydroxylation is 2. The zero-order valence-electron chi connectivity index (χ0n) is 18.6. The van der Waals surface area contributed by atoms with Crippen LogP contribution in [0.1, 0.15) is 40.9 Å². The molecule has 3 aromatic heterocycles. The molecule has 34 heavy (non-hydrogen) atoms. The van der Waals surface area contributed by atoms with Crippen LogP contribution in [0.15, 0.2) is 47.2 Å². The Morgan fingerprint density at radius 1 is 1.24 bits per heavy atom. The van der Waals surface area contributed by atoms with Gasteiger partial charge in [0.05, 0.1) is 6.20 Å². The lowest BCUT2D eigenvalue weighted by Crippen LogP contribution is -2.42. The standard InChI is InChI=1S/C23H22F3N5O3/c1-13-10-15(20-29-19(34-30-20)7-8-22(3,33)23(24,25)26)11-16(14(13)2)28-21(32)17-12-27-18-6-4-5-9-31(17)18/h4-6,9-12,33H,7-8H2,1-3H3,(H,28,32)/t22-/m0/s1. The number of rotatable bonds is 6. The van der Waals surface area contributed by atoms with Crippen molar-refractivity contribution in [3.8, 4) is 11.4 Å². The molecule has 0 saturated carbocycles. The number of aliphatic hydroxyl groups is 1. The Morgan fingerprint density at radius 2 is 2.00 bits per heavy atom. The predicted octanol–water partition coefficient (Wildman–Crippen LogP) is 4.50. The maximum Gasteiger partial charge on any atom is 0.416 e. The molecule has 0 saturated heterocycles. The molecule has 3 heterocycles. The number of nitrogens with zero attached hydrogens (tertiary/aromatic N) is 4. The van der Waals surface area contributed by atoms with Crippen molar-refractivity contribution in [1.29, 1.82) is 0 Å². The smallest absolute Gasteiger partial charge is 0.381 e. The first-order valence-corrected chi connectivity index (χ1v) is 10.4. The van der Waals surface area contributed by atoms with E-state index in [0.29, 0.717) is 29.5 Å². The monoisotopic (exact) mass is 473 g/mol. The molecule has 0 radical (unpaired) electrons. The van der Waals surface area contributed by atoms with E-state index >= 15 is 0 Å². The number of fused-ring (bicyclic) bond motifs is 1. The SMILES string of the molecule is Cc1cc(-c2noc(CC[C@](C)(O)C(F)(F)F)n2)cc(NC(=O)c2cnc3ccccn23)c1C. The molecule has 0 spiro atoms. The predicted molar refractivity (Wildman–Crippen MR) is 117 cm³/mol. The van der Waals surface area contributed by atoms with E-state index in [-0.39, 0.29) is 24.0 Å². The van der Waals surface area contributed by atoms with E-state index in [4.69, 9.17) is 4.52 Å². The fraction of sp³-hybridized carbons (Fsp3) is 0.304. The number of aromatic nitrogens is 4. The molecular formula is C23H22F3N5O3. The summed E-state index contributed by atoms with van der Waals surface area (Å²) in [5.41, 5.74) is 0.853. The minimum Gasteiger partial charge on any atom is -0.381 e. The highest BCUT2D eigenvalue weighted by molar-refractivity contribution is 6.04. The van der Waals surface area contributed by atoms with Crippen molar-refractivity contribution in [1.82, 2.24) is 19.5 Å². The van der Waals surface area contributed by atoms with Gasteiger partial charge in [0.1, 0.15) is 11.3 Å². The van der Waals surface area contributed by atoms with Crippen LogP contribution in [0.5, 0.6) is 0 Å². The van der Waals surface area contributed by atoms with Crippen molar-refractivity contribution in [2.24, 2.45) is 0 Å². The van der Waals surface area contributed by atoms with Gasteiger partial charge in [0, 0.05) is 23.9 Å². The first kappa shape index (κ1) is 23.4. The zero-order valence-corrected chi connectivity index (χ0v) is 18.6. The number of anilines is 1. The first-order chi connectivity index (χ1) is 16.0. The number of carbonyl (C=O) groups excluding carboxylic acids is 1. The van der Waals surface area contributed by atoms with Crippen molar-refractivity contribution in [3.05, 3.63) is 65.4 Å². The normalized spacial score (nSPS) is 13.7. The summed E-state index contributed by atoms with van der Waals surface area (Å²) < 4.78 is 45.4. The molecular weight excluding hydrogens is 451 g/mol. The third-order valence-corrected chi connectivity index (χ3v) is 5.73. The largest absolute Gasteiger partial charge is 0.416 e. The molecule has 0 fully saturated rings. The number of hydrogen-bond donors (Lipinski definition) is 2. The Bertz CT molecular complexity index is 1360. The highest BCUT2D eigenvalue weighted by Gasteiger charge is 2.49. The summed E-state index contributed by atoms with van der Waals surface area (Å²) in [4.78, 5) is 21.3. The maximum absolute atomic E-state index is 12.9. The molecule has 0 aliphatic rings. The van der Waals surface area contributed by atoms with E-state index in [1.165, 1.54) is 6.20 Å². The molecule has 178 valence electrons. The van der Waals surface area contributed by atoms with Crippen LogP contribution in [-0.4, -0.2) is 42.3 Å². The van der Waals surface area contributed by atoms with Crippen molar-refractivity contribution >= 4 is 17.2 Å². The molecule has 0 aliphatic carbocycles. The third kappa shape index (κ3) is 4.51. The topological polar surface area (TPSA) is 106 Å². The van der Waals surface area contributed by atoms with Gasteiger partial charge in [0.2, 0.25) is 11.7 Å². The van der Waals surface area contributed by atoms with Gasteiger partial charge in [0.25, 0.3) is 5.91 Å². The molecule has 2 N–H and O–H groups in total. The van der Waals surface area contributed by atoms with E-state index in [1.54, 1.807) is 34.9 Å².